The topological polar surface area (TPSA) is 73.1 Å². The number of carbonyl (C=O) groups excluding carboxylic acids is 1. The van der Waals surface area contributed by atoms with E-state index in [4.69, 9.17) is 23.2 Å². The van der Waals surface area contributed by atoms with Gasteiger partial charge in [-0.3, -0.25) is 14.2 Å². The molecule has 1 N–H and O–H groups in total. The molecule has 158 valence electrons. The maximum atomic E-state index is 13.4. The van der Waals surface area contributed by atoms with Crippen molar-refractivity contribution in [3.05, 3.63) is 89.9 Å². The van der Waals surface area contributed by atoms with E-state index in [1.807, 2.05) is 13.8 Å². The van der Waals surface area contributed by atoms with Crippen LogP contribution in [0.15, 0.2) is 58.1 Å². The van der Waals surface area contributed by atoms with Gasteiger partial charge in [0.25, 0.3) is 5.56 Å². The standard InChI is InChI=1S/C22H17Cl2N3O3S/c1-12-13(2)31-21-19(12)20(29)27(17-8-4-6-15(24)10-17)22(30)26(21)11-18(28)25-16-7-3-5-14(23)9-16/h3-10H,11H2,1-2H3,(H,25,28). The van der Waals surface area contributed by atoms with Gasteiger partial charge in [0.1, 0.15) is 11.4 Å². The highest BCUT2D eigenvalue weighted by molar-refractivity contribution is 7.18. The zero-order valence-corrected chi connectivity index (χ0v) is 18.9. The lowest BCUT2D eigenvalue weighted by Gasteiger charge is -2.13. The van der Waals surface area contributed by atoms with Crippen molar-refractivity contribution in [2.24, 2.45) is 0 Å². The van der Waals surface area contributed by atoms with Crippen molar-refractivity contribution in [3.63, 3.8) is 0 Å². The molecule has 0 radical (unpaired) electrons. The smallest absolute Gasteiger partial charge is 0.324 e. The molecule has 2 aromatic heterocycles. The summed E-state index contributed by atoms with van der Waals surface area (Å²) in [6.45, 7) is 3.45. The number of hydrogen-bond donors (Lipinski definition) is 1. The molecular formula is C22H17Cl2N3O3S. The number of anilines is 1. The molecule has 0 saturated carbocycles. The molecule has 0 aliphatic carbocycles. The summed E-state index contributed by atoms with van der Waals surface area (Å²) in [4.78, 5) is 40.7. The molecule has 31 heavy (non-hydrogen) atoms. The minimum Gasteiger partial charge on any atom is -0.324 e. The van der Waals surface area contributed by atoms with E-state index in [1.54, 1.807) is 48.5 Å². The number of thiophene rings is 1. The molecule has 6 nitrogen and oxygen atoms in total. The number of amides is 1. The fourth-order valence-electron chi connectivity index (χ4n) is 3.35. The molecule has 0 aliphatic heterocycles. The zero-order valence-electron chi connectivity index (χ0n) is 16.6. The molecule has 4 rings (SSSR count). The Morgan fingerprint density at radius 2 is 1.71 bits per heavy atom. The van der Waals surface area contributed by atoms with E-state index >= 15 is 0 Å². The average Bonchev–Trinajstić information content (AvgIpc) is 3.00. The highest BCUT2D eigenvalue weighted by Gasteiger charge is 2.21. The van der Waals surface area contributed by atoms with Crippen molar-refractivity contribution in [1.29, 1.82) is 0 Å². The van der Waals surface area contributed by atoms with Gasteiger partial charge in [0.2, 0.25) is 5.91 Å². The highest BCUT2D eigenvalue weighted by Crippen LogP contribution is 2.27. The predicted octanol–water partition coefficient (Wildman–Crippen LogP) is 4.78. The van der Waals surface area contributed by atoms with E-state index in [2.05, 4.69) is 5.32 Å². The first-order valence-electron chi connectivity index (χ1n) is 9.33. The van der Waals surface area contributed by atoms with Crippen LogP contribution in [0.3, 0.4) is 0 Å². The van der Waals surface area contributed by atoms with Crippen molar-refractivity contribution in [2.45, 2.75) is 20.4 Å². The Kier molecular flexibility index (Phi) is 5.75. The first-order valence-corrected chi connectivity index (χ1v) is 10.9. The Labute approximate surface area is 191 Å². The van der Waals surface area contributed by atoms with E-state index in [9.17, 15) is 14.4 Å². The Morgan fingerprint density at radius 1 is 1.03 bits per heavy atom. The number of halogens is 2. The molecule has 2 heterocycles. The fraction of sp³-hybridized carbons (Fsp3) is 0.136. The summed E-state index contributed by atoms with van der Waals surface area (Å²) >= 11 is 13.4. The molecular weight excluding hydrogens is 457 g/mol. The monoisotopic (exact) mass is 473 g/mol. The van der Waals surface area contributed by atoms with Crippen LogP contribution in [0.2, 0.25) is 10.0 Å². The third kappa shape index (κ3) is 4.04. The van der Waals surface area contributed by atoms with Crippen molar-refractivity contribution < 1.29 is 4.79 Å². The Bertz CT molecular complexity index is 1450. The van der Waals surface area contributed by atoms with E-state index in [1.165, 1.54) is 15.9 Å². The number of carbonyl (C=O) groups is 1. The third-order valence-corrected chi connectivity index (χ3v) is 6.63. The lowest BCUT2D eigenvalue weighted by molar-refractivity contribution is -0.116. The van der Waals surface area contributed by atoms with Crippen LogP contribution in [0.1, 0.15) is 10.4 Å². The zero-order chi connectivity index (χ0) is 22.3. The van der Waals surface area contributed by atoms with Crippen molar-refractivity contribution in [2.75, 3.05) is 5.32 Å². The van der Waals surface area contributed by atoms with E-state index < -0.39 is 17.2 Å². The van der Waals surface area contributed by atoms with Crippen LogP contribution >= 0.6 is 34.5 Å². The SMILES string of the molecule is Cc1sc2c(c1C)c(=O)n(-c1cccc(Cl)c1)c(=O)n2CC(=O)Nc1cccc(Cl)c1. The number of benzene rings is 2. The predicted molar refractivity (Wildman–Crippen MR) is 126 cm³/mol. The van der Waals surface area contributed by atoms with Gasteiger partial charge in [0.15, 0.2) is 0 Å². The Balaban J connectivity index is 1.88. The Hall–Kier alpha value is -2.87. The molecule has 9 heteroatoms. The maximum absolute atomic E-state index is 13.4. The number of rotatable bonds is 4. The molecule has 0 aliphatic rings. The summed E-state index contributed by atoms with van der Waals surface area (Å²) < 4.78 is 2.38. The fourth-order valence-corrected chi connectivity index (χ4v) is 4.87. The second kappa shape index (κ2) is 8.34. The lowest BCUT2D eigenvalue weighted by Crippen LogP contribution is -2.40. The number of hydrogen-bond acceptors (Lipinski definition) is 4. The summed E-state index contributed by atoms with van der Waals surface area (Å²) in [5.74, 6) is -0.411. The molecule has 1 amide bonds. The molecule has 0 unspecified atom stereocenters. The molecule has 0 bridgehead atoms. The van der Waals surface area contributed by atoms with Crippen molar-refractivity contribution in [1.82, 2.24) is 9.13 Å². The molecule has 0 spiro atoms. The summed E-state index contributed by atoms with van der Waals surface area (Å²) in [5.41, 5.74) is 0.600. The third-order valence-electron chi connectivity index (χ3n) is 4.93. The van der Waals surface area contributed by atoms with E-state index in [0.29, 0.717) is 31.6 Å². The summed E-state index contributed by atoms with van der Waals surface area (Å²) in [5, 5.41) is 4.03. The minimum atomic E-state index is -0.609. The highest BCUT2D eigenvalue weighted by atomic mass is 35.5. The molecule has 2 aromatic carbocycles. The van der Waals surface area contributed by atoms with E-state index in [0.717, 1.165) is 15.0 Å². The normalized spacial score (nSPS) is 11.1. The first-order chi connectivity index (χ1) is 14.8. The lowest BCUT2D eigenvalue weighted by atomic mass is 10.2. The van der Waals surface area contributed by atoms with Gasteiger partial charge in [-0.05, 0) is 55.8 Å². The van der Waals surface area contributed by atoms with Crippen LogP contribution in [-0.4, -0.2) is 15.0 Å². The second-order valence-corrected chi connectivity index (χ2v) is 9.09. The van der Waals surface area contributed by atoms with Gasteiger partial charge in [-0.2, -0.15) is 0 Å². The van der Waals surface area contributed by atoms with Gasteiger partial charge in [-0.15, -0.1) is 11.3 Å². The quantitative estimate of drug-likeness (QED) is 0.463. The van der Waals surface area contributed by atoms with E-state index in [-0.39, 0.29) is 6.54 Å². The Morgan fingerprint density at radius 3 is 2.39 bits per heavy atom. The second-order valence-electron chi connectivity index (χ2n) is 7.01. The summed E-state index contributed by atoms with van der Waals surface area (Å²) in [7, 11) is 0. The van der Waals surface area contributed by atoms with Gasteiger partial charge in [0.05, 0.1) is 11.1 Å². The van der Waals surface area contributed by atoms with Crippen LogP contribution in [0.25, 0.3) is 15.9 Å². The van der Waals surface area contributed by atoms with Crippen LogP contribution in [0.4, 0.5) is 5.69 Å². The van der Waals surface area contributed by atoms with Gasteiger partial charge in [-0.1, -0.05) is 35.3 Å². The van der Waals surface area contributed by atoms with Crippen LogP contribution in [0.5, 0.6) is 0 Å². The average molecular weight is 474 g/mol. The van der Waals surface area contributed by atoms with Crippen LogP contribution in [0, 0.1) is 13.8 Å². The largest absolute Gasteiger partial charge is 0.337 e. The molecule has 0 saturated heterocycles. The van der Waals surface area contributed by atoms with Gasteiger partial charge < -0.3 is 5.32 Å². The number of fused-ring (bicyclic) bond motifs is 1. The molecule has 0 atom stereocenters. The minimum absolute atomic E-state index is 0.262. The number of aryl methyl sites for hydroxylation is 2. The summed E-state index contributed by atoms with van der Waals surface area (Å²) in [6.07, 6.45) is 0. The number of aromatic nitrogens is 2. The maximum Gasteiger partial charge on any atom is 0.337 e. The van der Waals surface area contributed by atoms with Crippen LogP contribution < -0.4 is 16.6 Å². The van der Waals surface area contributed by atoms with Crippen molar-refractivity contribution >= 4 is 56.3 Å². The van der Waals surface area contributed by atoms with Crippen LogP contribution in [-0.2, 0) is 11.3 Å². The molecule has 4 aromatic rings. The first kappa shape index (κ1) is 21.4. The number of nitrogens with one attached hydrogen (secondary N) is 1. The van der Waals surface area contributed by atoms with Crippen molar-refractivity contribution in [3.8, 4) is 5.69 Å². The number of nitrogens with zero attached hydrogens (tertiary/aromatic N) is 2. The van der Waals surface area contributed by atoms with Gasteiger partial charge in [-0.25, -0.2) is 9.36 Å². The molecule has 0 fully saturated rings. The van der Waals surface area contributed by atoms with Gasteiger partial charge in [0, 0.05) is 20.6 Å². The van der Waals surface area contributed by atoms with Gasteiger partial charge >= 0.3 is 5.69 Å². The summed E-state index contributed by atoms with van der Waals surface area (Å²) in [6, 6.07) is 13.2.